The lowest BCUT2D eigenvalue weighted by atomic mass is 10.2. The third-order valence-electron chi connectivity index (χ3n) is 4.67. The number of oxazole rings is 1. The number of aromatic nitrogens is 2. The van der Waals surface area contributed by atoms with Crippen LogP contribution in [-0.2, 0) is 17.1 Å². The van der Waals surface area contributed by atoms with Crippen molar-refractivity contribution in [3.63, 3.8) is 0 Å². The van der Waals surface area contributed by atoms with Crippen molar-refractivity contribution in [1.29, 1.82) is 0 Å². The Kier molecular flexibility index (Phi) is 4.27. The Morgan fingerprint density at radius 3 is 2.70 bits per heavy atom. The molecule has 0 aliphatic carbocycles. The molecule has 1 fully saturated rings. The minimum absolute atomic E-state index is 0.139. The number of hydrogen-bond acceptors (Lipinski definition) is 5. The standard InChI is InChI=1S/C18H20N4O4S/c1-12-19-15-9-13(5-6-17(15)26-12)20-18(23)16-10-14(11-21(16)2)27(24,25)22-7-3-4-8-22/h5-6,9-11H,3-4,7-8H2,1-2H3,(H,20,23). The van der Waals surface area contributed by atoms with E-state index < -0.39 is 10.0 Å². The van der Waals surface area contributed by atoms with Gasteiger partial charge in [-0.15, -0.1) is 0 Å². The first-order valence-corrected chi connectivity index (χ1v) is 10.1. The molecule has 0 radical (unpaired) electrons. The number of benzene rings is 1. The number of nitrogens with one attached hydrogen (secondary N) is 1. The monoisotopic (exact) mass is 388 g/mol. The molecule has 1 aliphatic heterocycles. The van der Waals surface area contributed by atoms with Crippen LogP contribution >= 0.6 is 0 Å². The topological polar surface area (TPSA) is 97.4 Å². The van der Waals surface area contributed by atoms with E-state index in [1.54, 1.807) is 32.2 Å². The molecule has 142 valence electrons. The van der Waals surface area contributed by atoms with E-state index in [-0.39, 0.29) is 16.5 Å². The van der Waals surface area contributed by atoms with Crippen LogP contribution < -0.4 is 5.32 Å². The number of fused-ring (bicyclic) bond motifs is 1. The van der Waals surface area contributed by atoms with E-state index in [9.17, 15) is 13.2 Å². The minimum atomic E-state index is -3.56. The van der Waals surface area contributed by atoms with Crippen molar-refractivity contribution in [2.45, 2.75) is 24.7 Å². The average Bonchev–Trinajstić information content (AvgIpc) is 3.32. The SMILES string of the molecule is Cc1nc2cc(NC(=O)c3cc(S(=O)(=O)N4CCCC4)cn3C)ccc2o1. The quantitative estimate of drug-likeness (QED) is 0.741. The molecule has 3 heterocycles. The van der Waals surface area contributed by atoms with Gasteiger partial charge in [-0.25, -0.2) is 13.4 Å². The number of carbonyl (C=O) groups excluding carboxylic acids is 1. The van der Waals surface area contributed by atoms with Crippen LogP contribution in [0.3, 0.4) is 0 Å². The Morgan fingerprint density at radius 1 is 1.22 bits per heavy atom. The molecule has 0 saturated carbocycles. The first-order chi connectivity index (χ1) is 12.8. The molecule has 9 heteroatoms. The van der Waals surface area contributed by atoms with Gasteiger partial charge < -0.3 is 14.3 Å². The van der Waals surface area contributed by atoms with Gasteiger partial charge >= 0.3 is 0 Å². The van der Waals surface area contributed by atoms with Gasteiger partial charge in [0.1, 0.15) is 16.1 Å². The molecule has 1 aliphatic rings. The smallest absolute Gasteiger partial charge is 0.272 e. The number of nitrogens with zero attached hydrogens (tertiary/aromatic N) is 3. The molecule has 0 unspecified atom stereocenters. The molecule has 1 N–H and O–H groups in total. The maximum Gasteiger partial charge on any atom is 0.272 e. The zero-order valence-corrected chi connectivity index (χ0v) is 15.9. The molecule has 0 bridgehead atoms. The summed E-state index contributed by atoms with van der Waals surface area (Å²) in [6.07, 6.45) is 3.21. The minimum Gasteiger partial charge on any atom is -0.441 e. The molecule has 27 heavy (non-hydrogen) atoms. The Bertz CT molecular complexity index is 1120. The van der Waals surface area contributed by atoms with E-state index >= 15 is 0 Å². The van der Waals surface area contributed by atoms with Crippen molar-refractivity contribution >= 4 is 32.7 Å². The summed E-state index contributed by atoms with van der Waals surface area (Å²) in [7, 11) is -1.91. The summed E-state index contributed by atoms with van der Waals surface area (Å²) in [5, 5.41) is 2.78. The number of hydrogen-bond donors (Lipinski definition) is 1. The molecular formula is C18H20N4O4S. The highest BCUT2D eigenvalue weighted by Crippen LogP contribution is 2.24. The van der Waals surface area contributed by atoms with Crippen molar-refractivity contribution in [2.75, 3.05) is 18.4 Å². The van der Waals surface area contributed by atoms with Crippen molar-refractivity contribution in [1.82, 2.24) is 13.9 Å². The zero-order valence-electron chi connectivity index (χ0n) is 15.1. The molecule has 4 rings (SSSR count). The first-order valence-electron chi connectivity index (χ1n) is 8.70. The highest BCUT2D eigenvalue weighted by atomic mass is 32.2. The van der Waals surface area contributed by atoms with E-state index in [0.717, 1.165) is 12.8 Å². The molecule has 2 aromatic heterocycles. The van der Waals surface area contributed by atoms with E-state index in [2.05, 4.69) is 10.3 Å². The van der Waals surface area contributed by atoms with Crippen LogP contribution in [0.4, 0.5) is 5.69 Å². The second kappa shape index (κ2) is 6.50. The fraction of sp³-hybridized carbons (Fsp3) is 0.333. The van der Waals surface area contributed by atoms with Crippen LogP contribution in [0.5, 0.6) is 0 Å². The average molecular weight is 388 g/mol. The van der Waals surface area contributed by atoms with Crippen molar-refractivity contribution < 1.29 is 17.6 Å². The van der Waals surface area contributed by atoms with Gasteiger partial charge in [-0.05, 0) is 37.1 Å². The number of carbonyl (C=O) groups is 1. The Labute approximate surface area is 156 Å². The van der Waals surface area contributed by atoms with Crippen molar-refractivity contribution in [3.8, 4) is 0 Å². The van der Waals surface area contributed by atoms with Crippen LogP contribution in [0, 0.1) is 6.92 Å². The normalized spacial score (nSPS) is 15.5. The zero-order chi connectivity index (χ0) is 19.2. The summed E-state index contributed by atoms with van der Waals surface area (Å²) < 4.78 is 33.8. The summed E-state index contributed by atoms with van der Waals surface area (Å²) in [5.74, 6) is 0.160. The van der Waals surface area contributed by atoms with Gasteiger partial charge in [0.05, 0.1) is 0 Å². The summed E-state index contributed by atoms with van der Waals surface area (Å²) in [4.78, 5) is 17.0. The lowest BCUT2D eigenvalue weighted by Gasteiger charge is -2.13. The van der Waals surface area contributed by atoms with Crippen LogP contribution in [0.15, 0.2) is 39.8 Å². The lowest BCUT2D eigenvalue weighted by Crippen LogP contribution is -2.27. The predicted molar refractivity (Wildman–Crippen MR) is 100 cm³/mol. The molecule has 1 saturated heterocycles. The summed E-state index contributed by atoms with van der Waals surface area (Å²) in [5.41, 5.74) is 2.12. The third-order valence-corrected chi connectivity index (χ3v) is 6.53. The molecule has 0 atom stereocenters. The van der Waals surface area contributed by atoms with Crippen molar-refractivity contribution in [2.24, 2.45) is 7.05 Å². The van der Waals surface area contributed by atoms with Crippen LogP contribution in [0.25, 0.3) is 11.1 Å². The highest BCUT2D eigenvalue weighted by Gasteiger charge is 2.29. The van der Waals surface area contributed by atoms with Gasteiger partial charge in [0.2, 0.25) is 10.0 Å². The number of amides is 1. The first kappa shape index (κ1) is 17.7. The Balaban J connectivity index is 1.59. The maximum atomic E-state index is 12.7. The summed E-state index contributed by atoms with van der Waals surface area (Å²) in [6.45, 7) is 2.80. The highest BCUT2D eigenvalue weighted by molar-refractivity contribution is 7.89. The maximum absolute atomic E-state index is 12.7. The largest absolute Gasteiger partial charge is 0.441 e. The molecule has 3 aromatic rings. The molecule has 8 nitrogen and oxygen atoms in total. The van der Waals surface area contributed by atoms with E-state index in [0.29, 0.717) is 35.8 Å². The second-order valence-electron chi connectivity index (χ2n) is 6.65. The number of sulfonamides is 1. The molecule has 1 aromatic carbocycles. The second-order valence-corrected chi connectivity index (χ2v) is 8.59. The summed E-state index contributed by atoms with van der Waals surface area (Å²) in [6, 6.07) is 6.59. The third kappa shape index (κ3) is 3.24. The van der Waals surface area contributed by atoms with Gasteiger partial charge in [-0.2, -0.15) is 4.31 Å². The Hall–Kier alpha value is -2.65. The van der Waals surface area contributed by atoms with Crippen LogP contribution in [-0.4, -0.2) is 41.3 Å². The predicted octanol–water partition coefficient (Wildman–Crippen LogP) is 2.51. The van der Waals surface area contributed by atoms with Gasteiger partial charge in [-0.1, -0.05) is 0 Å². The van der Waals surface area contributed by atoms with Crippen molar-refractivity contribution in [3.05, 3.63) is 42.0 Å². The van der Waals surface area contributed by atoms with Gasteiger partial charge in [-0.3, -0.25) is 4.79 Å². The van der Waals surface area contributed by atoms with Gasteiger partial charge in [0.15, 0.2) is 11.5 Å². The number of anilines is 1. The molecule has 1 amide bonds. The number of aryl methyl sites for hydroxylation is 2. The van der Waals surface area contributed by atoms with E-state index in [1.165, 1.54) is 21.1 Å². The Morgan fingerprint density at radius 2 is 1.96 bits per heavy atom. The van der Waals surface area contributed by atoms with Gasteiger partial charge in [0, 0.05) is 38.9 Å². The molecule has 0 spiro atoms. The molecular weight excluding hydrogens is 368 g/mol. The fourth-order valence-electron chi connectivity index (χ4n) is 3.29. The van der Waals surface area contributed by atoms with E-state index in [4.69, 9.17) is 4.42 Å². The lowest BCUT2D eigenvalue weighted by molar-refractivity contribution is 0.101. The van der Waals surface area contributed by atoms with Gasteiger partial charge in [0.25, 0.3) is 5.91 Å². The summed E-state index contributed by atoms with van der Waals surface area (Å²) >= 11 is 0. The number of rotatable bonds is 4. The van der Waals surface area contributed by atoms with Crippen LogP contribution in [0.2, 0.25) is 0 Å². The van der Waals surface area contributed by atoms with Crippen LogP contribution in [0.1, 0.15) is 29.2 Å². The fourth-order valence-corrected chi connectivity index (χ4v) is 4.88. The van der Waals surface area contributed by atoms with E-state index in [1.807, 2.05) is 0 Å².